The summed E-state index contributed by atoms with van der Waals surface area (Å²) in [6, 6.07) is 8.57. The maximum absolute atomic E-state index is 5.54. The molecule has 1 aromatic carbocycles. The molecule has 31 heavy (non-hydrogen) atoms. The Hall–Kier alpha value is 0.741. The van der Waals surface area contributed by atoms with Crippen LogP contribution in [0, 0.1) is 0 Å². The van der Waals surface area contributed by atoms with E-state index in [2.05, 4.69) is 70.2 Å². The van der Waals surface area contributed by atoms with Crippen molar-refractivity contribution in [3.05, 3.63) is 24.3 Å². The van der Waals surface area contributed by atoms with Crippen LogP contribution in [0.15, 0.2) is 29.2 Å². The van der Waals surface area contributed by atoms with Gasteiger partial charge >= 0.3 is 18.9 Å². The fourth-order valence-electron chi connectivity index (χ4n) is 4.23. The second-order valence-electron chi connectivity index (χ2n) is 9.66. The molecule has 0 saturated carbocycles. The molecule has 0 N–H and O–H groups in total. The summed E-state index contributed by atoms with van der Waals surface area (Å²) in [7, 11) is -2.41. The molecule has 1 aliphatic heterocycles. The second-order valence-corrected chi connectivity index (χ2v) is 24.5. The van der Waals surface area contributed by atoms with Gasteiger partial charge in [-0.1, -0.05) is 71.5 Å². The van der Waals surface area contributed by atoms with E-state index in [1.807, 2.05) is 0 Å². The van der Waals surface area contributed by atoms with Gasteiger partial charge in [0.2, 0.25) is 0 Å². The van der Waals surface area contributed by atoms with Crippen LogP contribution in [0.1, 0.15) is 0 Å². The number of rotatable bonds is 4. The number of hydrogen-bond donors (Lipinski definition) is 0. The number of hydrogen-bond acceptors (Lipinski definition) is 5. The van der Waals surface area contributed by atoms with Gasteiger partial charge in [0.15, 0.2) is 0 Å². The zero-order chi connectivity index (χ0) is 22.6. The first kappa shape index (κ1) is 31.7. The van der Waals surface area contributed by atoms with Crippen LogP contribution in [-0.2, 0) is 31.6 Å². The SMILES string of the molecule is C1COCCOCCOCCO1.CP(c1ccccc1[S-])C([Si](C)(C)C)[Si](C)(C)C.[Li+]. The van der Waals surface area contributed by atoms with Crippen LogP contribution in [0.5, 0.6) is 0 Å². The van der Waals surface area contributed by atoms with E-state index < -0.39 is 16.1 Å². The average Bonchev–Trinajstić information content (AvgIpc) is 2.60. The van der Waals surface area contributed by atoms with E-state index in [9.17, 15) is 0 Å². The molecule has 4 nitrogen and oxygen atoms in total. The molecule has 1 heterocycles. The summed E-state index contributed by atoms with van der Waals surface area (Å²) in [4.78, 5) is 2.01. The van der Waals surface area contributed by atoms with Gasteiger partial charge in [0.25, 0.3) is 0 Å². The van der Waals surface area contributed by atoms with Gasteiger partial charge in [0, 0.05) is 16.1 Å². The Labute approximate surface area is 211 Å². The van der Waals surface area contributed by atoms with Crippen molar-refractivity contribution in [2.75, 3.05) is 59.5 Å². The van der Waals surface area contributed by atoms with Crippen LogP contribution >= 0.6 is 7.92 Å². The molecular formula is C22H42LiO4PSSi2. The first-order valence-corrected chi connectivity index (χ1v) is 20.3. The Kier molecular flexibility index (Phi) is 16.8. The Morgan fingerprint density at radius 1 is 0.710 bits per heavy atom. The minimum atomic E-state index is -1.15. The maximum atomic E-state index is 5.54. The Morgan fingerprint density at radius 2 is 1.03 bits per heavy atom. The summed E-state index contributed by atoms with van der Waals surface area (Å²) in [5, 5.41) is 1.46. The van der Waals surface area contributed by atoms with Crippen molar-refractivity contribution in [3.63, 3.8) is 0 Å². The predicted octanol–water partition coefficient (Wildman–Crippen LogP) is 1.52. The van der Waals surface area contributed by atoms with Gasteiger partial charge in [0.05, 0.1) is 52.9 Å². The third-order valence-electron chi connectivity index (χ3n) is 4.76. The molecule has 2 rings (SSSR count). The first-order chi connectivity index (χ1) is 14.0. The molecule has 0 bridgehead atoms. The van der Waals surface area contributed by atoms with E-state index in [4.69, 9.17) is 31.6 Å². The van der Waals surface area contributed by atoms with E-state index in [1.165, 1.54) is 5.30 Å². The van der Waals surface area contributed by atoms with Crippen molar-refractivity contribution in [1.82, 2.24) is 0 Å². The first-order valence-electron chi connectivity index (χ1n) is 10.8. The van der Waals surface area contributed by atoms with E-state index in [0.29, 0.717) is 52.9 Å². The normalized spacial score (nSPS) is 17.9. The molecule has 1 aromatic rings. The van der Waals surface area contributed by atoms with Crippen molar-refractivity contribution >= 4 is 42.0 Å². The minimum absolute atomic E-state index is 0. The number of ether oxygens (including phenoxy) is 4. The zero-order valence-electron chi connectivity index (χ0n) is 21.0. The van der Waals surface area contributed by atoms with Crippen LogP contribution in [0.2, 0.25) is 39.3 Å². The largest absolute Gasteiger partial charge is 1.00 e. The van der Waals surface area contributed by atoms with Gasteiger partial charge < -0.3 is 31.6 Å². The van der Waals surface area contributed by atoms with Crippen LogP contribution in [-0.4, -0.2) is 80.6 Å². The summed E-state index contributed by atoms with van der Waals surface area (Å²) < 4.78 is 20.9. The Bertz CT molecular complexity index is 543. The predicted molar refractivity (Wildman–Crippen MR) is 138 cm³/mol. The van der Waals surface area contributed by atoms with E-state index in [0.717, 1.165) is 9.80 Å². The quantitative estimate of drug-likeness (QED) is 0.359. The average molecular weight is 497 g/mol. The standard InChI is InChI=1S/C14H27PSSi2.C8H16O4.Li/c1-15(12-10-8-9-11-13(12)16)14(17(2,3)4)18(5,6)7;1-2-10-5-6-12-8-7-11-4-3-9-1;/h8-11,14,16H,1-7H3;1-8H2;/q;;+1/p-1. The number of benzene rings is 1. The molecule has 1 saturated heterocycles. The van der Waals surface area contributed by atoms with Crippen LogP contribution in [0.3, 0.4) is 0 Å². The molecule has 0 spiro atoms. The minimum Gasteiger partial charge on any atom is -0.779 e. The molecule has 1 aliphatic rings. The molecule has 174 valence electrons. The molecular weight excluding hydrogens is 454 g/mol. The molecule has 0 aliphatic carbocycles. The molecule has 9 heteroatoms. The van der Waals surface area contributed by atoms with Crippen molar-refractivity contribution < 1.29 is 37.8 Å². The van der Waals surface area contributed by atoms with Crippen molar-refractivity contribution in [1.29, 1.82) is 0 Å². The monoisotopic (exact) mass is 496 g/mol. The van der Waals surface area contributed by atoms with Gasteiger partial charge in [-0.3, -0.25) is 0 Å². The fourth-order valence-corrected chi connectivity index (χ4v) is 26.4. The topological polar surface area (TPSA) is 36.9 Å². The van der Waals surface area contributed by atoms with Gasteiger partial charge in [-0.15, -0.1) is 0 Å². The molecule has 1 unspecified atom stereocenters. The summed E-state index contributed by atoms with van der Waals surface area (Å²) in [5.74, 6) is 0. The van der Waals surface area contributed by atoms with Crippen molar-refractivity contribution in [3.8, 4) is 0 Å². The molecule has 0 radical (unpaired) electrons. The van der Waals surface area contributed by atoms with Crippen LogP contribution < -0.4 is 24.2 Å². The van der Waals surface area contributed by atoms with Crippen molar-refractivity contribution in [2.24, 2.45) is 0 Å². The molecule has 0 amide bonds. The molecule has 1 fully saturated rings. The second kappa shape index (κ2) is 16.4. The van der Waals surface area contributed by atoms with Gasteiger partial charge in [-0.25, -0.2) is 0 Å². The van der Waals surface area contributed by atoms with Crippen LogP contribution in [0.25, 0.3) is 0 Å². The fraction of sp³-hybridized carbons (Fsp3) is 0.727. The Morgan fingerprint density at radius 3 is 1.32 bits per heavy atom. The summed E-state index contributed by atoms with van der Waals surface area (Å²) in [5.41, 5.74) is 0. The van der Waals surface area contributed by atoms with E-state index >= 15 is 0 Å². The van der Waals surface area contributed by atoms with E-state index in [-0.39, 0.29) is 26.8 Å². The summed E-state index contributed by atoms with van der Waals surface area (Å²) >= 11 is 5.54. The van der Waals surface area contributed by atoms with Crippen LogP contribution in [0.4, 0.5) is 0 Å². The van der Waals surface area contributed by atoms with Gasteiger partial charge in [0.1, 0.15) is 0 Å². The maximum Gasteiger partial charge on any atom is 1.00 e. The Balaban J connectivity index is 0.000000605. The third kappa shape index (κ3) is 13.3. The van der Waals surface area contributed by atoms with Gasteiger partial charge in [-0.05, 0) is 16.9 Å². The summed E-state index contributed by atoms with van der Waals surface area (Å²) in [6.45, 7) is 22.8. The van der Waals surface area contributed by atoms with E-state index in [1.54, 1.807) is 0 Å². The molecule has 0 aromatic heterocycles. The van der Waals surface area contributed by atoms with Crippen molar-refractivity contribution in [2.45, 2.75) is 49.1 Å². The third-order valence-corrected chi connectivity index (χ3v) is 22.6. The summed E-state index contributed by atoms with van der Waals surface area (Å²) in [6.07, 6.45) is 0. The smallest absolute Gasteiger partial charge is 0.779 e. The molecule has 1 atom stereocenters. The zero-order valence-corrected chi connectivity index (χ0v) is 24.7. The van der Waals surface area contributed by atoms with Gasteiger partial charge in [-0.2, -0.15) is 4.90 Å².